The van der Waals surface area contributed by atoms with Crippen molar-refractivity contribution < 1.29 is 9.53 Å². The molecule has 1 aromatic carbocycles. The number of carbonyl (C=O) groups excluding carboxylic acids is 1. The lowest BCUT2D eigenvalue weighted by atomic mass is 10.2. The van der Waals surface area contributed by atoms with Crippen LogP contribution in [0.1, 0.15) is 35.1 Å². The molecule has 0 saturated carbocycles. The molecule has 6 nitrogen and oxygen atoms in total. The molecule has 0 radical (unpaired) electrons. The van der Waals surface area contributed by atoms with Crippen molar-refractivity contribution in [3.8, 4) is 0 Å². The summed E-state index contributed by atoms with van der Waals surface area (Å²) in [5.74, 6) is 0.395. The van der Waals surface area contributed by atoms with E-state index in [2.05, 4.69) is 39.2 Å². The van der Waals surface area contributed by atoms with Gasteiger partial charge in [-0.15, -0.1) is 0 Å². The summed E-state index contributed by atoms with van der Waals surface area (Å²) in [5.41, 5.74) is 2.35. The minimum atomic E-state index is -0.182. The molecule has 1 heterocycles. The average Bonchev–Trinajstić information content (AvgIpc) is 2.63. The van der Waals surface area contributed by atoms with Crippen molar-refractivity contribution >= 4 is 11.9 Å². The van der Waals surface area contributed by atoms with Crippen LogP contribution in [0.2, 0.25) is 0 Å². The molecule has 25 heavy (non-hydrogen) atoms. The fourth-order valence-electron chi connectivity index (χ4n) is 2.45. The summed E-state index contributed by atoms with van der Waals surface area (Å²) in [6.45, 7) is 6.58. The maximum atomic E-state index is 12.3. The van der Waals surface area contributed by atoms with Gasteiger partial charge in [-0.3, -0.25) is 4.79 Å². The van der Waals surface area contributed by atoms with Gasteiger partial charge in [0.2, 0.25) is 5.95 Å². The number of nitrogens with one attached hydrogen (secondary N) is 1. The van der Waals surface area contributed by atoms with E-state index in [-0.39, 0.29) is 5.91 Å². The summed E-state index contributed by atoms with van der Waals surface area (Å²) < 4.78 is 4.99. The highest BCUT2D eigenvalue weighted by molar-refractivity contribution is 5.92. The van der Waals surface area contributed by atoms with Gasteiger partial charge in [0, 0.05) is 39.0 Å². The summed E-state index contributed by atoms with van der Waals surface area (Å²) in [4.78, 5) is 23.4. The number of hydrogen-bond donors (Lipinski definition) is 1. The predicted molar refractivity (Wildman–Crippen MR) is 98.8 cm³/mol. The van der Waals surface area contributed by atoms with E-state index in [9.17, 15) is 4.79 Å². The Kier molecular flexibility index (Phi) is 7.35. The zero-order valence-corrected chi connectivity index (χ0v) is 15.2. The van der Waals surface area contributed by atoms with Crippen molar-refractivity contribution in [3.05, 3.63) is 53.3 Å². The Labute approximate surface area is 149 Å². The highest BCUT2D eigenvalue weighted by Crippen LogP contribution is 2.14. The van der Waals surface area contributed by atoms with Crippen molar-refractivity contribution in [3.63, 3.8) is 0 Å². The van der Waals surface area contributed by atoms with E-state index >= 15 is 0 Å². The minimum absolute atomic E-state index is 0.182. The first-order chi connectivity index (χ1) is 12.1. The smallest absolute Gasteiger partial charge is 0.270 e. The first-order valence-corrected chi connectivity index (χ1v) is 8.55. The van der Waals surface area contributed by atoms with Crippen LogP contribution in [0.4, 0.5) is 5.95 Å². The highest BCUT2D eigenvalue weighted by Gasteiger charge is 2.14. The van der Waals surface area contributed by atoms with E-state index in [0.29, 0.717) is 31.3 Å². The summed E-state index contributed by atoms with van der Waals surface area (Å²) in [6.07, 6.45) is 0.772. The van der Waals surface area contributed by atoms with E-state index in [1.54, 1.807) is 13.2 Å². The van der Waals surface area contributed by atoms with E-state index in [1.807, 2.05) is 25.1 Å². The molecule has 2 rings (SSSR count). The van der Waals surface area contributed by atoms with Crippen molar-refractivity contribution in [1.29, 1.82) is 0 Å². The number of benzene rings is 1. The first kappa shape index (κ1) is 18.9. The highest BCUT2D eigenvalue weighted by atomic mass is 16.5. The number of carbonyl (C=O) groups is 1. The number of methoxy groups -OCH3 is 1. The number of nitrogens with zero attached hydrogens (tertiary/aromatic N) is 3. The maximum absolute atomic E-state index is 12.3. The second kappa shape index (κ2) is 9.74. The molecule has 0 atom stereocenters. The zero-order chi connectivity index (χ0) is 18.1. The zero-order valence-electron chi connectivity index (χ0n) is 15.2. The lowest BCUT2D eigenvalue weighted by Gasteiger charge is -2.21. The monoisotopic (exact) mass is 342 g/mol. The molecule has 0 bridgehead atoms. The van der Waals surface area contributed by atoms with E-state index in [0.717, 1.165) is 18.7 Å². The number of hydrogen-bond acceptors (Lipinski definition) is 5. The van der Waals surface area contributed by atoms with Crippen molar-refractivity contribution in [1.82, 2.24) is 15.3 Å². The Morgan fingerprint density at radius 3 is 2.68 bits per heavy atom. The molecule has 1 amide bonds. The number of rotatable bonds is 9. The molecule has 0 spiro atoms. The van der Waals surface area contributed by atoms with Crippen LogP contribution in [-0.4, -0.2) is 42.7 Å². The van der Waals surface area contributed by atoms with Crippen LogP contribution in [0, 0.1) is 6.92 Å². The lowest BCUT2D eigenvalue weighted by molar-refractivity contribution is 0.0943. The summed E-state index contributed by atoms with van der Waals surface area (Å²) in [7, 11) is 1.65. The normalized spacial score (nSPS) is 10.5. The molecule has 0 aliphatic carbocycles. The van der Waals surface area contributed by atoms with Crippen LogP contribution in [0.25, 0.3) is 0 Å². The van der Waals surface area contributed by atoms with E-state index < -0.39 is 0 Å². The van der Waals surface area contributed by atoms with Gasteiger partial charge in [0.1, 0.15) is 5.69 Å². The lowest BCUT2D eigenvalue weighted by Crippen LogP contribution is -2.29. The van der Waals surface area contributed by atoms with Gasteiger partial charge in [-0.1, -0.05) is 30.3 Å². The molecule has 0 fully saturated rings. The molecule has 0 aliphatic rings. The number of anilines is 1. The third-order valence-electron chi connectivity index (χ3n) is 3.77. The van der Waals surface area contributed by atoms with Crippen molar-refractivity contribution in [2.75, 3.05) is 31.7 Å². The Morgan fingerprint density at radius 1 is 1.24 bits per heavy atom. The van der Waals surface area contributed by atoms with Crippen molar-refractivity contribution in [2.24, 2.45) is 0 Å². The van der Waals surface area contributed by atoms with Gasteiger partial charge in [0.15, 0.2) is 0 Å². The fraction of sp³-hybridized carbons (Fsp3) is 0.421. The molecular weight excluding hydrogens is 316 g/mol. The number of aromatic nitrogens is 2. The van der Waals surface area contributed by atoms with E-state index in [4.69, 9.17) is 4.74 Å². The Hall–Kier alpha value is -2.47. The molecule has 1 N–H and O–H groups in total. The van der Waals surface area contributed by atoms with Gasteiger partial charge >= 0.3 is 0 Å². The number of amides is 1. The maximum Gasteiger partial charge on any atom is 0.270 e. The van der Waals surface area contributed by atoms with Gasteiger partial charge in [-0.05, 0) is 31.9 Å². The average molecular weight is 342 g/mol. The number of ether oxygens (including phenoxy) is 1. The fourth-order valence-corrected chi connectivity index (χ4v) is 2.45. The second-order valence-electron chi connectivity index (χ2n) is 5.80. The number of aryl methyl sites for hydroxylation is 1. The molecule has 134 valence electrons. The molecule has 0 saturated heterocycles. The molecule has 0 unspecified atom stereocenters. The SMILES string of the molecule is CCN(Cc1ccccc1)c1nc(C)cc(C(=O)NCCCOC)n1. The van der Waals surface area contributed by atoms with Gasteiger partial charge in [0.25, 0.3) is 5.91 Å². The molecular formula is C19H26N4O2. The summed E-state index contributed by atoms with van der Waals surface area (Å²) in [6, 6.07) is 11.9. The standard InChI is InChI=1S/C19H26N4O2/c1-4-23(14-16-9-6-5-7-10-16)19-21-15(2)13-17(22-19)18(24)20-11-8-12-25-3/h5-7,9-10,13H,4,8,11-12,14H2,1-3H3,(H,20,24). The van der Waals surface area contributed by atoms with Crippen LogP contribution in [0.15, 0.2) is 36.4 Å². The van der Waals surface area contributed by atoms with Crippen LogP contribution in [0.5, 0.6) is 0 Å². The van der Waals surface area contributed by atoms with Gasteiger partial charge in [-0.2, -0.15) is 0 Å². The Balaban J connectivity index is 2.11. The Bertz CT molecular complexity index is 676. The largest absolute Gasteiger partial charge is 0.385 e. The van der Waals surface area contributed by atoms with Crippen molar-refractivity contribution in [2.45, 2.75) is 26.8 Å². The van der Waals surface area contributed by atoms with Gasteiger partial charge in [0.05, 0.1) is 0 Å². The molecule has 0 aliphatic heterocycles. The Morgan fingerprint density at radius 2 is 2.00 bits per heavy atom. The first-order valence-electron chi connectivity index (χ1n) is 8.55. The van der Waals surface area contributed by atoms with Gasteiger partial charge < -0.3 is 15.0 Å². The van der Waals surface area contributed by atoms with Crippen LogP contribution in [0.3, 0.4) is 0 Å². The van der Waals surface area contributed by atoms with Gasteiger partial charge in [-0.25, -0.2) is 9.97 Å². The molecule has 1 aromatic heterocycles. The van der Waals surface area contributed by atoms with E-state index in [1.165, 1.54) is 5.56 Å². The third-order valence-corrected chi connectivity index (χ3v) is 3.77. The molecule has 6 heteroatoms. The topological polar surface area (TPSA) is 67.4 Å². The predicted octanol–water partition coefficient (Wildman–Crippen LogP) is 2.58. The second-order valence-corrected chi connectivity index (χ2v) is 5.80. The van der Waals surface area contributed by atoms with Crippen LogP contribution < -0.4 is 10.2 Å². The quantitative estimate of drug-likeness (QED) is 0.710. The molecule has 2 aromatic rings. The summed E-state index contributed by atoms with van der Waals surface area (Å²) in [5, 5.41) is 2.87. The summed E-state index contributed by atoms with van der Waals surface area (Å²) >= 11 is 0. The van der Waals surface area contributed by atoms with Crippen LogP contribution >= 0.6 is 0 Å². The third kappa shape index (κ3) is 5.83. The minimum Gasteiger partial charge on any atom is -0.385 e. The van der Waals surface area contributed by atoms with Crippen LogP contribution in [-0.2, 0) is 11.3 Å².